The van der Waals surface area contributed by atoms with Crippen LogP contribution in [0, 0.1) is 11.3 Å². The van der Waals surface area contributed by atoms with Gasteiger partial charge in [0.1, 0.15) is 0 Å². The second-order valence-corrected chi connectivity index (χ2v) is 5.73. The average molecular weight is 209 g/mol. The molecule has 0 saturated heterocycles. The summed E-state index contributed by atoms with van der Waals surface area (Å²) >= 11 is 0. The number of rotatable bonds is 5. The summed E-state index contributed by atoms with van der Waals surface area (Å²) in [4.78, 5) is 0. The quantitative estimate of drug-likeness (QED) is 0.680. The third kappa shape index (κ3) is 2.55. The van der Waals surface area contributed by atoms with E-state index in [9.17, 15) is 0 Å². The molecular formula is C14H27N. The Kier molecular flexibility index (Phi) is 4.07. The summed E-state index contributed by atoms with van der Waals surface area (Å²) in [5.41, 5.74) is 0.714. The second-order valence-electron chi connectivity index (χ2n) is 5.73. The average Bonchev–Trinajstić information content (AvgIpc) is 2.89. The lowest BCUT2D eigenvalue weighted by Gasteiger charge is -2.36. The van der Waals surface area contributed by atoms with E-state index in [-0.39, 0.29) is 0 Å². The zero-order valence-electron chi connectivity index (χ0n) is 10.4. The van der Waals surface area contributed by atoms with Crippen molar-refractivity contribution in [2.45, 2.75) is 64.7 Å². The Morgan fingerprint density at radius 3 is 2.33 bits per heavy atom. The Balaban J connectivity index is 1.90. The van der Waals surface area contributed by atoms with Crippen molar-refractivity contribution in [2.24, 2.45) is 11.3 Å². The molecule has 0 aromatic heterocycles. The molecule has 0 heterocycles. The highest BCUT2D eigenvalue weighted by Gasteiger charge is 2.41. The smallest absolute Gasteiger partial charge is 0.00105 e. The summed E-state index contributed by atoms with van der Waals surface area (Å²) < 4.78 is 0. The minimum atomic E-state index is 0.714. The molecule has 2 rings (SSSR count). The van der Waals surface area contributed by atoms with E-state index in [0.29, 0.717) is 5.41 Å². The molecule has 0 radical (unpaired) electrons. The van der Waals surface area contributed by atoms with Crippen LogP contribution in [0.25, 0.3) is 0 Å². The molecule has 2 aliphatic carbocycles. The van der Waals surface area contributed by atoms with Crippen LogP contribution < -0.4 is 5.32 Å². The Hall–Kier alpha value is -0.0400. The van der Waals surface area contributed by atoms with Crippen LogP contribution in [-0.2, 0) is 0 Å². The van der Waals surface area contributed by atoms with E-state index < -0.39 is 0 Å². The monoisotopic (exact) mass is 209 g/mol. The van der Waals surface area contributed by atoms with Crippen molar-refractivity contribution in [3.8, 4) is 0 Å². The largest absolute Gasteiger partial charge is 0.316 e. The summed E-state index contributed by atoms with van der Waals surface area (Å²) in [7, 11) is 0. The minimum absolute atomic E-state index is 0.714. The molecule has 15 heavy (non-hydrogen) atoms. The fourth-order valence-electron chi connectivity index (χ4n) is 3.86. The Labute approximate surface area is 95.0 Å². The number of hydrogen-bond acceptors (Lipinski definition) is 1. The molecule has 88 valence electrons. The highest BCUT2D eigenvalue weighted by molar-refractivity contribution is 4.94. The number of nitrogens with one attached hydrogen (secondary N) is 1. The zero-order chi connectivity index (χ0) is 10.6. The molecule has 0 amide bonds. The maximum atomic E-state index is 3.69. The van der Waals surface area contributed by atoms with Crippen LogP contribution in [0.4, 0.5) is 0 Å². The Morgan fingerprint density at radius 2 is 1.73 bits per heavy atom. The third-order valence-corrected chi connectivity index (χ3v) is 4.72. The van der Waals surface area contributed by atoms with Gasteiger partial charge in [0.2, 0.25) is 0 Å². The molecule has 1 heteroatoms. The number of hydrogen-bond donors (Lipinski definition) is 1. The lowest BCUT2D eigenvalue weighted by molar-refractivity contribution is 0.164. The molecule has 2 aliphatic rings. The lowest BCUT2D eigenvalue weighted by Crippen LogP contribution is -2.37. The lowest BCUT2D eigenvalue weighted by atomic mass is 9.73. The molecule has 2 fully saturated rings. The second kappa shape index (κ2) is 5.34. The van der Waals surface area contributed by atoms with Gasteiger partial charge in [0, 0.05) is 6.54 Å². The first-order chi connectivity index (χ1) is 7.37. The summed E-state index contributed by atoms with van der Waals surface area (Å²) in [6.07, 6.45) is 13.3. The van der Waals surface area contributed by atoms with Gasteiger partial charge in [-0.15, -0.1) is 0 Å². The normalized spacial score (nSPS) is 26.2. The van der Waals surface area contributed by atoms with Gasteiger partial charge < -0.3 is 5.32 Å². The molecule has 0 spiro atoms. The van der Waals surface area contributed by atoms with Crippen molar-refractivity contribution in [3.63, 3.8) is 0 Å². The highest BCUT2D eigenvalue weighted by atomic mass is 14.9. The Bertz CT molecular complexity index is 176. The van der Waals surface area contributed by atoms with Gasteiger partial charge in [0.05, 0.1) is 0 Å². The first kappa shape index (κ1) is 11.4. The molecule has 1 nitrogen and oxygen atoms in total. The molecular weight excluding hydrogens is 182 g/mol. The van der Waals surface area contributed by atoms with Crippen LogP contribution in [-0.4, -0.2) is 13.1 Å². The van der Waals surface area contributed by atoms with E-state index >= 15 is 0 Å². The van der Waals surface area contributed by atoms with Crippen LogP contribution in [0.2, 0.25) is 0 Å². The van der Waals surface area contributed by atoms with E-state index in [1.54, 1.807) is 0 Å². The summed E-state index contributed by atoms with van der Waals surface area (Å²) in [5.74, 6) is 1.06. The maximum absolute atomic E-state index is 3.69. The van der Waals surface area contributed by atoms with E-state index in [4.69, 9.17) is 0 Å². The summed E-state index contributed by atoms with van der Waals surface area (Å²) in [6, 6.07) is 0. The summed E-state index contributed by atoms with van der Waals surface area (Å²) in [5, 5.41) is 3.69. The Morgan fingerprint density at radius 1 is 1.07 bits per heavy atom. The van der Waals surface area contributed by atoms with Crippen LogP contribution in [0.3, 0.4) is 0 Å². The van der Waals surface area contributed by atoms with E-state index in [2.05, 4.69) is 12.2 Å². The van der Waals surface area contributed by atoms with Gasteiger partial charge in [0.25, 0.3) is 0 Å². The zero-order valence-corrected chi connectivity index (χ0v) is 10.4. The maximum Gasteiger partial charge on any atom is 0.00105 e. The SMILES string of the molecule is CCCNCC1(C2CCCC2)CCCC1. The molecule has 1 N–H and O–H groups in total. The van der Waals surface area contributed by atoms with Crippen LogP contribution >= 0.6 is 0 Å². The van der Waals surface area contributed by atoms with Gasteiger partial charge >= 0.3 is 0 Å². The van der Waals surface area contributed by atoms with Gasteiger partial charge in [-0.25, -0.2) is 0 Å². The topological polar surface area (TPSA) is 12.0 Å². The van der Waals surface area contributed by atoms with E-state index in [1.807, 2.05) is 0 Å². The van der Waals surface area contributed by atoms with Gasteiger partial charge in [-0.3, -0.25) is 0 Å². The van der Waals surface area contributed by atoms with Crippen LogP contribution in [0.5, 0.6) is 0 Å². The first-order valence-electron chi connectivity index (χ1n) is 7.08. The van der Waals surface area contributed by atoms with Gasteiger partial charge in [0.15, 0.2) is 0 Å². The van der Waals surface area contributed by atoms with Gasteiger partial charge in [-0.05, 0) is 50.0 Å². The van der Waals surface area contributed by atoms with Gasteiger partial charge in [-0.1, -0.05) is 32.6 Å². The standard InChI is InChI=1S/C14H27N/c1-2-11-15-12-14(9-5-6-10-14)13-7-3-4-8-13/h13,15H,2-12H2,1H3. The van der Waals surface area contributed by atoms with Crippen LogP contribution in [0.1, 0.15) is 64.7 Å². The fraction of sp³-hybridized carbons (Fsp3) is 1.00. The van der Waals surface area contributed by atoms with Crippen molar-refractivity contribution >= 4 is 0 Å². The van der Waals surface area contributed by atoms with Crippen molar-refractivity contribution in [3.05, 3.63) is 0 Å². The minimum Gasteiger partial charge on any atom is -0.316 e. The van der Waals surface area contributed by atoms with E-state index in [0.717, 1.165) is 5.92 Å². The first-order valence-corrected chi connectivity index (χ1v) is 7.08. The van der Waals surface area contributed by atoms with Crippen molar-refractivity contribution in [1.82, 2.24) is 5.32 Å². The molecule has 2 saturated carbocycles. The van der Waals surface area contributed by atoms with Crippen molar-refractivity contribution in [1.29, 1.82) is 0 Å². The van der Waals surface area contributed by atoms with Gasteiger partial charge in [-0.2, -0.15) is 0 Å². The third-order valence-electron chi connectivity index (χ3n) is 4.72. The fourth-order valence-corrected chi connectivity index (χ4v) is 3.86. The molecule has 0 bridgehead atoms. The van der Waals surface area contributed by atoms with Crippen molar-refractivity contribution in [2.75, 3.05) is 13.1 Å². The van der Waals surface area contributed by atoms with E-state index in [1.165, 1.54) is 70.9 Å². The molecule has 0 atom stereocenters. The molecule has 0 aromatic rings. The molecule has 0 aromatic carbocycles. The molecule has 0 unspecified atom stereocenters. The van der Waals surface area contributed by atoms with Crippen molar-refractivity contribution < 1.29 is 0 Å². The molecule has 0 aliphatic heterocycles. The highest BCUT2D eigenvalue weighted by Crippen LogP contribution is 2.50. The summed E-state index contributed by atoms with van der Waals surface area (Å²) in [6.45, 7) is 4.80. The predicted octanol–water partition coefficient (Wildman–Crippen LogP) is 3.74. The predicted molar refractivity (Wildman–Crippen MR) is 66.0 cm³/mol. The van der Waals surface area contributed by atoms with Crippen LogP contribution in [0.15, 0.2) is 0 Å².